The highest BCUT2D eigenvalue weighted by atomic mass is 35.5. The van der Waals surface area contributed by atoms with E-state index >= 15 is 0 Å². The van der Waals surface area contributed by atoms with Gasteiger partial charge < -0.3 is 14.5 Å². The molecule has 0 aliphatic carbocycles. The Kier molecular flexibility index (Phi) is 6.26. The van der Waals surface area contributed by atoms with Gasteiger partial charge in [-0.15, -0.1) is 0 Å². The largest absolute Gasteiger partial charge is 0.468 e. The summed E-state index contributed by atoms with van der Waals surface area (Å²) in [6, 6.07) is 22.8. The molecule has 1 fully saturated rings. The molecule has 4 atom stereocenters. The molecule has 2 aliphatic rings. The number of esters is 1. The molecule has 37 heavy (non-hydrogen) atoms. The third-order valence-corrected chi connectivity index (χ3v) is 7.67. The number of para-hydroxylation sites is 1. The number of ether oxygens (including phenoxy) is 1. The van der Waals surface area contributed by atoms with Crippen molar-refractivity contribution in [3.63, 3.8) is 0 Å². The maximum Gasteiger partial charge on any atom is 0.329 e. The van der Waals surface area contributed by atoms with E-state index in [0.29, 0.717) is 16.1 Å². The predicted molar refractivity (Wildman–Crippen MR) is 145 cm³/mol. The van der Waals surface area contributed by atoms with Crippen LogP contribution in [0.1, 0.15) is 27.4 Å². The number of halogens is 1. The first-order chi connectivity index (χ1) is 17.8. The summed E-state index contributed by atoms with van der Waals surface area (Å²) in [6.07, 6.45) is 3.76. The lowest BCUT2D eigenvalue weighted by Gasteiger charge is -2.36. The number of ketones is 1. The van der Waals surface area contributed by atoms with Gasteiger partial charge in [0, 0.05) is 42.0 Å². The fraction of sp³-hybridized carbons (Fsp3) is 0.233. The summed E-state index contributed by atoms with van der Waals surface area (Å²) in [4.78, 5) is 31.8. The number of nitrogens with zero attached hydrogens (tertiary/aromatic N) is 3. The van der Waals surface area contributed by atoms with Crippen LogP contribution < -0.4 is 9.80 Å². The number of nitriles is 1. The van der Waals surface area contributed by atoms with E-state index in [1.54, 1.807) is 24.3 Å². The lowest BCUT2D eigenvalue weighted by molar-refractivity contribution is -0.150. The van der Waals surface area contributed by atoms with Crippen molar-refractivity contribution >= 4 is 40.8 Å². The summed E-state index contributed by atoms with van der Waals surface area (Å²) in [5.74, 6) is -1.67. The Labute approximate surface area is 221 Å². The van der Waals surface area contributed by atoms with Crippen molar-refractivity contribution in [1.29, 1.82) is 5.26 Å². The molecule has 186 valence electrons. The number of benzene rings is 3. The highest BCUT2D eigenvalue weighted by Gasteiger charge is 2.67. The number of fused-ring (bicyclic) bond motifs is 3. The van der Waals surface area contributed by atoms with E-state index in [1.165, 1.54) is 7.11 Å². The van der Waals surface area contributed by atoms with E-state index in [2.05, 4.69) is 6.07 Å². The monoisotopic (exact) mass is 511 g/mol. The first-order valence-corrected chi connectivity index (χ1v) is 12.3. The van der Waals surface area contributed by atoms with Crippen LogP contribution in [0, 0.1) is 16.7 Å². The summed E-state index contributed by atoms with van der Waals surface area (Å²) in [5.41, 5.74) is 2.17. The van der Waals surface area contributed by atoms with E-state index in [1.807, 2.05) is 84.6 Å². The molecule has 0 saturated carbocycles. The maximum absolute atomic E-state index is 14.3. The molecule has 3 aromatic carbocycles. The number of methoxy groups -OCH3 is 1. The molecule has 0 unspecified atom stereocenters. The number of hydrogen-bond acceptors (Lipinski definition) is 6. The molecule has 2 aliphatic heterocycles. The molecule has 0 spiro atoms. The van der Waals surface area contributed by atoms with Crippen LogP contribution in [0.4, 0.5) is 11.4 Å². The summed E-state index contributed by atoms with van der Waals surface area (Å²) in [6.45, 7) is 0. The standard InChI is InChI=1S/C30H26ClN3O3/c1-33(2)23-15-10-20(11-16-23)26-27(28(35)21-8-13-22(31)14-9-21)34-24-7-5-4-6-19(24)12-17-25(34)30(26,18-32)29(36)37-3/h4-17,25-27H,1-3H3/t25-,26+,27-,30-/m0/s1. The Morgan fingerprint density at radius 1 is 1.03 bits per heavy atom. The highest BCUT2D eigenvalue weighted by molar-refractivity contribution is 6.30. The zero-order chi connectivity index (χ0) is 26.3. The number of anilines is 2. The van der Waals surface area contributed by atoms with Crippen molar-refractivity contribution in [2.45, 2.75) is 18.0 Å². The molecule has 1 saturated heterocycles. The van der Waals surface area contributed by atoms with Crippen molar-refractivity contribution in [3.05, 3.63) is 101 Å². The Bertz CT molecular complexity index is 1430. The van der Waals surface area contributed by atoms with Crippen molar-refractivity contribution in [1.82, 2.24) is 0 Å². The van der Waals surface area contributed by atoms with Crippen LogP contribution in [0.15, 0.2) is 78.9 Å². The molecule has 0 N–H and O–H groups in total. The summed E-state index contributed by atoms with van der Waals surface area (Å²) < 4.78 is 5.27. The third kappa shape index (κ3) is 3.78. The first kappa shape index (κ1) is 24.6. The van der Waals surface area contributed by atoms with Crippen LogP contribution in [0.5, 0.6) is 0 Å². The van der Waals surface area contributed by atoms with Crippen LogP contribution >= 0.6 is 11.6 Å². The van der Waals surface area contributed by atoms with E-state index < -0.39 is 29.4 Å². The van der Waals surface area contributed by atoms with Crippen molar-refractivity contribution in [2.75, 3.05) is 31.0 Å². The summed E-state index contributed by atoms with van der Waals surface area (Å²) in [5, 5.41) is 11.3. The summed E-state index contributed by atoms with van der Waals surface area (Å²) >= 11 is 6.11. The van der Waals surface area contributed by atoms with Crippen LogP contribution in [0.2, 0.25) is 5.02 Å². The van der Waals surface area contributed by atoms with Gasteiger partial charge in [0.05, 0.1) is 19.2 Å². The quantitative estimate of drug-likeness (QED) is 0.340. The minimum Gasteiger partial charge on any atom is -0.468 e. The Morgan fingerprint density at radius 3 is 2.32 bits per heavy atom. The molecule has 0 radical (unpaired) electrons. The van der Waals surface area contributed by atoms with Crippen molar-refractivity contribution < 1.29 is 14.3 Å². The average molecular weight is 512 g/mol. The van der Waals surface area contributed by atoms with Gasteiger partial charge in [0.2, 0.25) is 0 Å². The fourth-order valence-electron chi connectivity index (χ4n) is 5.67. The Morgan fingerprint density at radius 2 is 1.70 bits per heavy atom. The topological polar surface area (TPSA) is 73.6 Å². The zero-order valence-corrected chi connectivity index (χ0v) is 21.5. The van der Waals surface area contributed by atoms with Crippen LogP contribution in [-0.4, -0.2) is 45.0 Å². The predicted octanol–water partition coefficient (Wildman–Crippen LogP) is 5.34. The Balaban J connectivity index is 1.79. The van der Waals surface area contributed by atoms with Crippen LogP contribution in [0.3, 0.4) is 0 Å². The number of hydrogen-bond donors (Lipinski definition) is 0. The van der Waals surface area contributed by atoms with E-state index in [4.69, 9.17) is 16.3 Å². The zero-order valence-electron chi connectivity index (χ0n) is 20.8. The molecule has 2 heterocycles. The van der Waals surface area contributed by atoms with Crippen molar-refractivity contribution in [2.24, 2.45) is 5.41 Å². The molecule has 5 rings (SSSR count). The molecule has 0 aromatic heterocycles. The highest BCUT2D eigenvalue weighted by Crippen LogP contribution is 2.56. The molecule has 6 nitrogen and oxygen atoms in total. The van der Waals surface area contributed by atoms with Gasteiger partial charge in [0.15, 0.2) is 11.2 Å². The molecule has 7 heteroatoms. The van der Waals surface area contributed by atoms with Gasteiger partial charge in [0.1, 0.15) is 6.04 Å². The number of Topliss-reactive ketones (excluding diaryl/α,β-unsaturated/α-hetero) is 1. The second-order valence-electron chi connectivity index (χ2n) is 9.52. The van der Waals surface area contributed by atoms with Gasteiger partial charge in [-0.25, -0.2) is 0 Å². The molecular formula is C30H26ClN3O3. The normalized spacial score (nSPS) is 23.5. The number of carbonyl (C=O) groups is 2. The van der Waals surface area contributed by atoms with Gasteiger partial charge in [-0.1, -0.05) is 54.1 Å². The molecular weight excluding hydrogens is 486 g/mol. The van der Waals surface area contributed by atoms with Gasteiger partial charge in [-0.2, -0.15) is 5.26 Å². The molecule has 0 bridgehead atoms. The lowest BCUT2D eigenvalue weighted by Crippen LogP contribution is -2.46. The fourth-order valence-corrected chi connectivity index (χ4v) is 5.80. The molecule has 3 aromatic rings. The van der Waals surface area contributed by atoms with E-state index in [0.717, 1.165) is 16.9 Å². The third-order valence-electron chi connectivity index (χ3n) is 7.42. The average Bonchev–Trinajstić information content (AvgIpc) is 3.24. The van der Waals surface area contributed by atoms with Gasteiger partial charge in [0.25, 0.3) is 0 Å². The second kappa shape index (κ2) is 9.42. The van der Waals surface area contributed by atoms with Gasteiger partial charge >= 0.3 is 5.97 Å². The Hall–Kier alpha value is -4.08. The minimum absolute atomic E-state index is 0.200. The van der Waals surface area contributed by atoms with Crippen LogP contribution in [-0.2, 0) is 9.53 Å². The SMILES string of the molecule is COC(=O)[C@]1(C#N)[C@H](c2ccc(N(C)C)cc2)[C@@H](C(=O)c2ccc(Cl)cc2)N2c3ccccc3C=C[C@H]21. The molecule has 0 amide bonds. The number of carbonyl (C=O) groups excluding carboxylic acids is 2. The van der Waals surface area contributed by atoms with Gasteiger partial charge in [-0.3, -0.25) is 9.59 Å². The van der Waals surface area contributed by atoms with Gasteiger partial charge in [-0.05, 0) is 53.6 Å². The number of rotatable bonds is 5. The lowest BCUT2D eigenvalue weighted by atomic mass is 9.68. The van der Waals surface area contributed by atoms with Crippen LogP contribution in [0.25, 0.3) is 6.08 Å². The van der Waals surface area contributed by atoms with E-state index in [-0.39, 0.29) is 5.78 Å². The van der Waals surface area contributed by atoms with E-state index in [9.17, 15) is 14.9 Å². The maximum atomic E-state index is 14.3. The second-order valence-corrected chi connectivity index (χ2v) is 9.96. The minimum atomic E-state index is -1.66. The smallest absolute Gasteiger partial charge is 0.329 e. The first-order valence-electron chi connectivity index (χ1n) is 12.0. The van der Waals surface area contributed by atoms with Crippen molar-refractivity contribution in [3.8, 4) is 6.07 Å². The summed E-state index contributed by atoms with van der Waals surface area (Å²) in [7, 11) is 5.16.